The normalized spacial score (nSPS) is 14.1. The minimum atomic E-state index is -0.918. The van der Waals surface area contributed by atoms with E-state index >= 15 is 0 Å². The lowest BCUT2D eigenvalue weighted by molar-refractivity contribution is -0.121. The van der Waals surface area contributed by atoms with Crippen LogP contribution in [0.4, 0.5) is 4.39 Å². The number of amides is 1. The van der Waals surface area contributed by atoms with Crippen molar-refractivity contribution < 1.29 is 14.3 Å². The van der Waals surface area contributed by atoms with Crippen molar-refractivity contribution in [2.24, 2.45) is 0 Å². The van der Waals surface area contributed by atoms with Crippen LogP contribution < -0.4 is 5.32 Å². The fourth-order valence-electron chi connectivity index (χ4n) is 2.19. The van der Waals surface area contributed by atoms with E-state index in [1.54, 1.807) is 19.2 Å². The molecule has 0 fully saturated rings. The molecule has 3 N–H and O–H groups in total. The Morgan fingerprint density at radius 2 is 2.29 bits per heavy atom. The van der Waals surface area contributed by atoms with E-state index in [4.69, 9.17) is 0 Å². The fourth-order valence-corrected chi connectivity index (χ4v) is 2.92. The lowest BCUT2D eigenvalue weighted by Crippen LogP contribution is -2.42. The minimum absolute atomic E-state index is 0.165. The van der Waals surface area contributed by atoms with Gasteiger partial charge in [0, 0.05) is 29.4 Å². The Kier molecular flexibility index (Phi) is 4.90. The molecule has 0 bridgehead atoms. The third kappa shape index (κ3) is 4.22. The van der Waals surface area contributed by atoms with Gasteiger partial charge in [0.15, 0.2) is 0 Å². The summed E-state index contributed by atoms with van der Waals surface area (Å²) in [6.07, 6.45) is 3.81. The van der Waals surface area contributed by atoms with Crippen molar-refractivity contribution in [2.45, 2.75) is 18.9 Å². The Balaban J connectivity index is 1.99. The van der Waals surface area contributed by atoms with Crippen molar-refractivity contribution in [1.82, 2.24) is 10.3 Å². The van der Waals surface area contributed by atoms with Crippen LogP contribution in [0.25, 0.3) is 10.9 Å². The first-order chi connectivity index (χ1) is 9.91. The number of carbonyl (C=O) groups excluding carboxylic acids is 1. The predicted octanol–water partition coefficient (Wildman–Crippen LogP) is 2.08. The van der Waals surface area contributed by atoms with Crippen LogP contribution in [-0.4, -0.2) is 40.2 Å². The maximum absolute atomic E-state index is 13.1. The van der Waals surface area contributed by atoms with Crippen molar-refractivity contribution in [1.29, 1.82) is 0 Å². The van der Waals surface area contributed by atoms with Crippen LogP contribution in [0, 0.1) is 5.82 Å². The molecule has 0 radical (unpaired) electrons. The standard InChI is InChI=1S/C15H19FN2O2S/c1-15(20,9-21-2)8-18-14(19)5-10-7-17-13-6-11(16)3-4-12(10)13/h3-4,6-7,17,20H,5,8-9H2,1-2H3,(H,18,19). The van der Waals surface area contributed by atoms with Gasteiger partial charge < -0.3 is 15.4 Å². The molecule has 0 aliphatic rings. The summed E-state index contributed by atoms with van der Waals surface area (Å²) < 4.78 is 13.1. The van der Waals surface area contributed by atoms with Crippen LogP contribution in [-0.2, 0) is 11.2 Å². The number of thioether (sulfide) groups is 1. The van der Waals surface area contributed by atoms with Crippen LogP contribution in [0.1, 0.15) is 12.5 Å². The number of H-pyrrole nitrogens is 1. The van der Waals surface area contributed by atoms with E-state index in [2.05, 4.69) is 10.3 Å². The zero-order valence-electron chi connectivity index (χ0n) is 12.1. The lowest BCUT2D eigenvalue weighted by atomic mass is 10.1. The number of fused-ring (bicyclic) bond motifs is 1. The Morgan fingerprint density at radius 1 is 1.52 bits per heavy atom. The predicted molar refractivity (Wildman–Crippen MR) is 84.0 cm³/mol. The average molecular weight is 310 g/mol. The van der Waals surface area contributed by atoms with E-state index in [0.29, 0.717) is 11.3 Å². The van der Waals surface area contributed by atoms with Gasteiger partial charge in [-0.3, -0.25) is 4.79 Å². The average Bonchev–Trinajstić information content (AvgIpc) is 2.79. The Hall–Kier alpha value is -1.53. The zero-order chi connectivity index (χ0) is 15.5. The summed E-state index contributed by atoms with van der Waals surface area (Å²) in [5.74, 6) is 0.0784. The quantitative estimate of drug-likeness (QED) is 0.765. The number of carbonyl (C=O) groups is 1. The molecule has 2 rings (SSSR count). The van der Waals surface area contributed by atoms with Crippen molar-refractivity contribution in [3.63, 3.8) is 0 Å². The maximum Gasteiger partial charge on any atom is 0.224 e. The Bertz CT molecular complexity index is 640. The smallest absolute Gasteiger partial charge is 0.224 e. The first kappa shape index (κ1) is 15.9. The molecule has 0 aliphatic carbocycles. The van der Waals surface area contributed by atoms with Crippen molar-refractivity contribution in [2.75, 3.05) is 18.6 Å². The molecule has 1 heterocycles. The molecule has 114 valence electrons. The van der Waals surface area contributed by atoms with Gasteiger partial charge in [-0.2, -0.15) is 11.8 Å². The summed E-state index contributed by atoms with van der Waals surface area (Å²) in [6.45, 7) is 1.90. The summed E-state index contributed by atoms with van der Waals surface area (Å²) in [4.78, 5) is 14.9. The second kappa shape index (κ2) is 6.49. The van der Waals surface area contributed by atoms with Crippen LogP contribution in [0.5, 0.6) is 0 Å². The molecule has 0 spiro atoms. The highest BCUT2D eigenvalue weighted by Crippen LogP contribution is 2.19. The van der Waals surface area contributed by atoms with Crippen molar-refractivity contribution >= 4 is 28.6 Å². The van der Waals surface area contributed by atoms with Crippen LogP contribution in [0.15, 0.2) is 24.4 Å². The number of hydrogen-bond donors (Lipinski definition) is 3. The summed E-state index contributed by atoms with van der Waals surface area (Å²) >= 11 is 1.53. The first-order valence-corrected chi connectivity index (χ1v) is 8.04. The van der Waals surface area contributed by atoms with Gasteiger partial charge in [0.2, 0.25) is 5.91 Å². The monoisotopic (exact) mass is 310 g/mol. The molecule has 6 heteroatoms. The summed E-state index contributed by atoms with van der Waals surface area (Å²) in [5, 5.41) is 13.6. The van der Waals surface area contributed by atoms with Gasteiger partial charge in [-0.1, -0.05) is 0 Å². The van der Waals surface area contributed by atoms with E-state index in [9.17, 15) is 14.3 Å². The maximum atomic E-state index is 13.1. The highest BCUT2D eigenvalue weighted by molar-refractivity contribution is 7.98. The number of halogens is 1. The number of nitrogens with one attached hydrogen (secondary N) is 2. The third-order valence-corrected chi connectivity index (χ3v) is 4.11. The SMILES string of the molecule is CSCC(C)(O)CNC(=O)Cc1c[nH]c2cc(F)ccc12. The molecule has 0 aliphatic heterocycles. The van der Waals surface area contributed by atoms with Gasteiger partial charge in [0.25, 0.3) is 0 Å². The van der Waals surface area contributed by atoms with E-state index in [1.165, 1.54) is 23.9 Å². The second-order valence-corrected chi connectivity index (χ2v) is 6.25. The summed E-state index contributed by atoms with van der Waals surface area (Å²) in [5.41, 5.74) is 0.567. The van der Waals surface area contributed by atoms with Gasteiger partial charge in [0.1, 0.15) is 5.82 Å². The third-order valence-electron chi connectivity index (χ3n) is 3.20. The van der Waals surface area contributed by atoms with Crippen molar-refractivity contribution in [3.05, 3.63) is 35.8 Å². The molecule has 21 heavy (non-hydrogen) atoms. The van der Waals surface area contributed by atoms with E-state index < -0.39 is 5.60 Å². The van der Waals surface area contributed by atoms with Gasteiger partial charge in [-0.05, 0) is 36.9 Å². The molecule has 0 saturated carbocycles. The molecule has 4 nitrogen and oxygen atoms in total. The second-order valence-electron chi connectivity index (χ2n) is 5.39. The van der Waals surface area contributed by atoms with Gasteiger partial charge in [0.05, 0.1) is 12.0 Å². The largest absolute Gasteiger partial charge is 0.387 e. The van der Waals surface area contributed by atoms with Crippen LogP contribution in [0.3, 0.4) is 0 Å². The number of benzene rings is 1. The zero-order valence-corrected chi connectivity index (χ0v) is 12.9. The summed E-state index contributed by atoms with van der Waals surface area (Å²) in [7, 11) is 0. The van der Waals surface area contributed by atoms with E-state index in [0.717, 1.165) is 10.9 Å². The van der Waals surface area contributed by atoms with Crippen LogP contribution >= 0.6 is 11.8 Å². The number of aromatic amines is 1. The molecule has 1 amide bonds. The number of hydrogen-bond acceptors (Lipinski definition) is 3. The molecular weight excluding hydrogens is 291 g/mol. The Labute approximate surface area is 127 Å². The highest BCUT2D eigenvalue weighted by Gasteiger charge is 2.20. The molecule has 1 aromatic carbocycles. The Morgan fingerprint density at radius 3 is 3.00 bits per heavy atom. The van der Waals surface area contributed by atoms with Gasteiger partial charge >= 0.3 is 0 Å². The van der Waals surface area contributed by atoms with Crippen molar-refractivity contribution in [3.8, 4) is 0 Å². The topological polar surface area (TPSA) is 65.1 Å². The lowest BCUT2D eigenvalue weighted by Gasteiger charge is -2.22. The number of rotatable bonds is 6. The number of aromatic nitrogens is 1. The molecular formula is C15H19FN2O2S. The molecule has 0 saturated heterocycles. The minimum Gasteiger partial charge on any atom is -0.387 e. The van der Waals surface area contributed by atoms with E-state index in [-0.39, 0.29) is 24.7 Å². The molecule has 2 aromatic rings. The van der Waals surface area contributed by atoms with Crippen LogP contribution in [0.2, 0.25) is 0 Å². The summed E-state index contributed by atoms with van der Waals surface area (Å²) in [6, 6.07) is 4.44. The van der Waals surface area contributed by atoms with E-state index in [1.807, 2.05) is 6.26 Å². The molecule has 1 atom stereocenters. The molecule has 1 aromatic heterocycles. The fraction of sp³-hybridized carbons (Fsp3) is 0.400. The van der Waals surface area contributed by atoms with Gasteiger partial charge in [-0.15, -0.1) is 0 Å². The highest BCUT2D eigenvalue weighted by atomic mass is 32.2. The van der Waals surface area contributed by atoms with Gasteiger partial charge in [-0.25, -0.2) is 4.39 Å². The first-order valence-electron chi connectivity index (χ1n) is 6.65. The number of aliphatic hydroxyl groups is 1. The molecule has 1 unspecified atom stereocenters.